The molecule has 0 aromatic heterocycles. The molecule has 1 aromatic rings. The maximum Gasteiger partial charge on any atom is 0.0406 e. The van der Waals surface area contributed by atoms with Gasteiger partial charge in [0.25, 0.3) is 0 Å². The maximum absolute atomic E-state index is 5.97. The second-order valence-electron chi connectivity index (χ2n) is 7.04. The summed E-state index contributed by atoms with van der Waals surface area (Å²) in [6.45, 7) is 8.47. The van der Waals surface area contributed by atoms with E-state index in [0.717, 1.165) is 11.4 Å². The van der Waals surface area contributed by atoms with Crippen LogP contribution in [0, 0.1) is 5.41 Å². The molecule has 1 aliphatic rings. The largest absolute Gasteiger partial charge is 0.313 e. The molecule has 1 aliphatic heterocycles. The number of nitrogens with one attached hydrogen (secondary N) is 1. The van der Waals surface area contributed by atoms with E-state index in [1.807, 2.05) is 19.2 Å². The molecule has 0 saturated carbocycles. The van der Waals surface area contributed by atoms with Crippen molar-refractivity contribution in [2.75, 3.05) is 26.7 Å². The average molecular weight is 309 g/mol. The zero-order valence-electron chi connectivity index (χ0n) is 13.7. The van der Waals surface area contributed by atoms with Crippen LogP contribution in [-0.2, 0) is 0 Å². The van der Waals surface area contributed by atoms with Crippen molar-refractivity contribution in [1.29, 1.82) is 0 Å². The lowest BCUT2D eigenvalue weighted by atomic mass is 9.85. The Labute approximate surface area is 134 Å². The smallest absolute Gasteiger partial charge is 0.0406 e. The van der Waals surface area contributed by atoms with Crippen LogP contribution >= 0.6 is 11.6 Å². The van der Waals surface area contributed by atoms with Crippen LogP contribution in [0.2, 0.25) is 5.02 Å². The van der Waals surface area contributed by atoms with Gasteiger partial charge in [-0.25, -0.2) is 0 Å². The van der Waals surface area contributed by atoms with Crippen molar-refractivity contribution in [3.05, 3.63) is 34.9 Å². The molecule has 3 heteroatoms. The van der Waals surface area contributed by atoms with E-state index in [2.05, 4.69) is 36.2 Å². The fourth-order valence-electron chi connectivity index (χ4n) is 3.19. The standard InChI is InChI=1S/C18H29ClN2/c1-18(2)10-4-12-21(14-11-18)13-9-17(20-3)15-5-7-16(19)8-6-15/h5-8,17,20H,4,9-14H2,1-3H3. The Kier molecular flexibility index (Phi) is 6.09. The molecule has 1 atom stereocenters. The highest BCUT2D eigenvalue weighted by molar-refractivity contribution is 6.30. The SMILES string of the molecule is CNC(CCN1CCCC(C)(C)CC1)c1ccc(Cl)cc1. The number of benzene rings is 1. The van der Waals surface area contributed by atoms with Gasteiger partial charge in [0, 0.05) is 11.1 Å². The lowest BCUT2D eigenvalue weighted by Gasteiger charge is -2.25. The van der Waals surface area contributed by atoms with Gasteiger partial charge in [0.05, 0.1) is 0 Å². The lowest BCUT2D eigenvalue weighted by molar-refractivity contribution is 0.251. The molecule has 1 aromatic carbocycles. The van der Waals surface area contributed by atoms with Gasteiger partial charge >= 0.3 is 0 Å². The van der Waals surface area contributed by atoms with Crippen LogP contribution in [0.1, 0.15) is 51.1 Å². The highest BCUT2D eigenvalue weighted by atomic mass is 35.5. The monoisotopic (exact) mass is 308 g/mol. The summed E-state index contributed by atoms with van der Waals surface area (Å²) in [6.07, 6.45) is 5.16. The van der Waals surface area contributed by atoms with Crippen molar-refractivity contribution in [3.63, 3.8) is 0 Å². The third-order valence-electron chi connectivity index (χ3n) is 4.79. The predicted molar refractivity (Wildman–Crippen MR) is 91.9 cm³/mol. The second-order valence-corrected chi connectivity index (χ2v) is 7.48. The molecule has 1 heterocycles. The molecule has 0 spiro atoms. The summed E-state index contributed by atoms with van der Waals surface area (Å²) in [5, 5.41) is 4.25. The van der Waals surface area contributed by atoms with E-state index in [1.165, 1.54) is 44.5 Å². The minimum absolute atomic E-state index is 0.415. The van der Waals surface area contributed by atoms with Crippen LogP contribution in [0.3, 0.4) is 0 Å². The number of likely N-dealkylation sites (tertiary alicyclic amines) is 1. The molecule has 0 amide bonds. The zero-order chi connectivity index (χ0) is 15.3. The Morgan fingerprint density at radius 3 is 2.57 bits per heavy atom. The van der Waals surface area contributed by atoms with Crippen molar-refractivity contribution < 1.29 is 0 Å². The van der Waals surface area contributed by atoms with Crippen LogP contribution < -0.4 is 5.32 Å². The van der Waals surface area contributed by atoms with Gasteiger partial charge in [0.2, 0.25) is 0 Å². The Hall–Kier alpha value is -0.570. The zero-order valence-corrected chi connectivity index (χ0v) is 14.4. The van der Waals surface area contributed by atoms with Crippen molar-refractivity contribution in [2.45, 2.75) is 45.6 Å². The van der Waals surface area contributed by atoms with Crippen molar-refractivity contribution >= 4 is 11.6 Å². The summed E-state index contributed by atoms with van der Waals surface area (Å²) in [5.41, 5.74) is 1.85. The van der Waals surface area contributed by atoms with Crippen molar-refractivity contribution in [1.82, 2.24) is 10.2 Å². The summed E-state index contributed by atoms with van der Waals surface area (Å²) in [4.78, 5) is 2.63. The van der Waals surface area contributed by atoms with Crippen LogP contribution in [-0.4, -0.2) is 31.6 Å². The fourth-order valence-corrected chi connectivity index (χ4v) is 3.31. The number of nitrogens with zero attached hydrogens (tertiary/aromatic N) is 1. The van der Waals surface area contributed by atoms with E-state index in [1.54, 1.807) is 0 Å². The Morgan fingerprint density at radius 1 is 1.19 bits per heavy atom. The summed E-state index contributed by atoms with van der Waals surface area (Å²) < 4.78 is 0. The molecule has 0 radical (unpaired) electrons. The Balaban J connectivity index is 1.87. The first-order valence-corrected chi connectivity index (χ1v) is 8.53. The Morgan fingerprint density at radius 2 is 1.90 bits per heavy atom. The normalized spacial score (nSPS) is 21.0. The second kappa shape index (κ2) is 7.62. The van der Waals surface area contributed by atoms with Gasteiger partial charge < -0.3 is 10.2 Å². The van der Waals surface area contributed by atoms with Crippen LogP contribution in [0.5, 0.6) is 0 Å². The fraction of sp³-hybridized carbons (Fsp3) is 0.667. The van der Waals surface area contributed by atoms with Gasteiger partial charge in [0.15, 0.2) is 0 Å². The third-order valence-corrected chi connectivity index (χ3v) is 5.04. The first kappa shape index (κ1) is 16.8. The summed E-state index contributed by atoms with van der Waals surface area (Å²) in [6, 6.07) is 8.65. The Bertz CT molecular complexity index is 427. The van der Waals surface area contributed by atoms with Gasteiger partial charge in [-0.3, -0.25) is 0 Å². The molecule has 0 aliphatic carbocycles. The quantitative estimate of drug-likeness (QED) is 0.861. The molecule has 1 fully saturated rings. The first-order valence-electron chi connectivity index (χ1n) is 8.15. The van der Waals surface area contributed by atoms with E-state index in [-0.39, 0.29) is 0 Å². The minimum Gasteiger partial charge on any atom is -0.313 e. The highest BCUT2D eigenvalue weighted by Gasteiger charge is 2.23. The number of rotatable bonds is 5. The van der Waals surface area contributed by atoms with E-state index in [4.69, 9.17) is 11.6 Å². The molecule has 2 rings (SSSR count). The van der Waals surface area contributed by atoms with E-state index >= 15 is 0 Å². The average Bonchev–Trinajstić information content (AvgIpc) is 2.62. The number of hydrogen-bond acceptors (Lipinski definition) is 2. The maximum atomic E-state index is 5.97. The molecular formula is C18H29ClN2. The minimum atomic E-state index is 0.415. The molecule has 21 heavy (non-hydrogen) atoms. The molecule has 118 valence electrons. The molecule has 0 bridgehead atoms. The summed E-state index contributed by atoms with van der Waals surface area (Å²) >= 11 is 5.97. The molecule has 1 saturated heterocycles. The topological polar surface area (TPSA) is 15.3 Å². The van der Waals surface area contributed by atoms with Gasteiger partial charge in [-0.1, -0.05) is 37.6 Å². The first-order chi connectivity index (χ1) is 10.00. The van der Waals surface area contributed by atoms with E-state index in [0.29, 0.717) is 11.5 Å². The predicted octanol–water partition coefficient (Wildman–Crippen LogP) is 4.50. The molecule has 2 nitrogen and oxygen atoms in total. The van der Waals surface area contributed by atoms with Crippen LogP contribution in [0.25, 0.3) is 0 Å². The lowest BCUT2D eigenvalue weighted by Crippen LogP contribution is -2.29. The van der Waals surface area contributed by atoms with Crippen LogP contribution in [0.4, 0.5) is 0 Å². The van der Waals surface area contributed by atoms with Crippen LogP contribution in [0.15, 0.2) is 24.3 Å². The number of hydrogen-bond donors (Lipinski definition) is 1. The molecular weight excluding hydrogens is 280 g/mol. The van der Waals surface area contributed by atoms with Gasteiger partial charge in [-0.2, -0.15) is 0 Å². The van der Waals surface area contributed by atoms with Crippen molar-refractivity contribution in [2.24, 2.45) is 5.41 Å². The highest BCUT2D eigenvalue weighted by Crippen LogP contribution is 2.30. The summed E-state index contributed by atoms with van der Waals surface area (Å²) in [5.74, 6) is 0. The van der Waals surface area contributed by atoms with E-state index in [9.17, 15) is 0 Å². The van der Waals surface area contributed by atoms with Crippen molar-refractivity contribution in [3.8, 4) is 0 Å². The van der Waals surface area contributed by atoms with Gasteiger partial charge in [0.1, 0.15) is 0 Å². The van der Waals surface area contributed by atoms with Gasteiger partial charge in [-0.05, 0) is 75.5 Å². The summed E-state index contributed by atoms with van der Waals surface area (Å²) in [7, 11) is 2.05. The number of halogens is 1. The van der Waals surface area contributed by atoms with E-state index < -0.39 is 0 Å². The molecule has 1 unspecified atom stereocenters. The third kappa shape index (κ3) is 5.28. The molecule has 1 N–H and O–H groups in total. The van der Waals surface area contributed by atoms with Gasteiger partial charge in [-0.15, -0.1) is 0 Å².